The third kappa shape index (κ3) is 3.45. The third-order valence-electron chi connectivity index (χ3n) is 3.31. The van der Waals surface area contributed by atoms with Gasteiger partial charge in [0.1, 0.15) is 11.6 Å². The molecule has 1 aromatic carbocycles. The van der Waals surface area contributed by atoms with Crippen LogP contribution in [-0.2, 0) is 4.79 Å². The van der Waals surface area contributed by atoms with Gasteiger partial charge in [0.25, 0.3) is 5.91 Å². The monoisotopic (exact) mass is 251 g/mol. The Morgan fingerprint density at radius 3 is 2.56 bits per heavy atom. The van der Waals surface area contributed by atoms with Crippen molar-refractivity contribution in [3.63, 3.8) is 0 Å². The molecule has 4 heteroatoms. The van der Waals surface area contributed by atoms with Gasteiger partial charge in [-0.2, -0.15) is 0 Å². The zero-order chi connectivity index (χ0) is 13.0. The molecule has 1 aliphatic rings. The number of nitrogens with zero attached hydrogens (tertiary/aromatic N) is 1. The van der Waals surface area contributed by atoms with E-state index in [1.807, 2.05) is 4.90 Å². The number of ether oxygens (including phenoxy) is 1. The van der Waals surface area contributed by atoms with Crippen LogP contribution < -0.4 is 4.74 Å². The van der Waals surface area contributed by atoms with Gasteiger partial charge in [-0.05, 0) is 43.0 Å². The van der Waals surface area contributed by atoms with Crippen molar-refractivity contribution in [1.29, 1.82) is 0 Å². The molecule has 0 unspecified atom stereocenters. The van der Waals surface area contributed by atoms with E-state index in [1.54, 1.807) is 0 Å². The van der Waals surface area contributed by atoms with Crippen LogP contribution in [0.4, 0.5) is 4.39 Å². The predicted octanol–water partition coefficient (Wildman–Crippen LogP) is 2.46. The largest absolute Gasteiger partial charge is 0.484 e. The van der Waals surface area contributed by atoms with E-state index in [0.29, 0.717) is 11.7 Å². The number of rotatable bonds is 3. The summed E-state index contributed by atoms with van der Waals surface area (Å²) < 4.78 is 18.0. The summed E-state index contributed by atoms with van der Waals surface area (Å²) in [5, 5.41) is 0. The maximum atomic E-state index is 12.7. The molecule has 0 spiro atoms. The molecule has 2 rings (SSSR count). The Balaban J connectivity index is 1.79. The maximum Gasteiger partial charge on any atom is 0.260 e. The van der Waals surface area contributed by atoms with Crippen LogP contribution >= 0.6 is 0 Å². The summed E-state index contributed by atoms with van der Waals surface area (Å²) >= 11 is 0. The van der Waals surface area contributed by atoms with Crippen LogP contribution in [0, 0.1) is 11.7 Å². The summed E-state index contributed by atoms with van der Waals surface area (Å²) in [6.45, 7) is 3.86. The summed E-state index contributed by atoms with van der Waals surface area (Å²) in [6, 6.07) is 5.70. The molecule has 18 heavy (non-hydrogen) atoms. The Morgan fingerprint density at radius 1 is 1.33 bits per heavy atom. The first-order valence-electron chi connectivity index (χ1n) is 6.31. The van der Waals surface area contributed by atoms with Gasteiger partial charge >= 0.3 is 0 Å². The predicted molar refractivity (Wildman–Crippen MR) is 66.9 cm³/mol. The fourth-order valence-electron chi connectivity index (χ4n) is 2.03. The van der Waals surface area contributed by atoms with E-state index in [4.69, 9.17) is 4.74 Å². The van der Waals surface area contributed by atoms with Gasteiger partial charge in [-0.3, -0.25) is 4.79 Å². The molecule has 1 amide bonds. The summed E-state index contributed by atoms with van der Waals surface area (Å²) in [5.74, 6) is 0.923. The molecule has 1 saturated heterocycles. The van der Waals surface area contributed by atoms with Crippen molar-refractivity contribution in [3.8, 4) is 5.75 Å². The Kier molecular flexibility index (Phi) is 4.18. The van der Waals surface area contributed by atoms with Crippen LogP contribution in [0.15, 0.2) is 24.3 Å². The van der Waals surface area contributed by atoms with E-state index in [0.717, 1.165) is 25.9 Å². The van der Waals surface area contributed by atoms with Crippen molar-refractivity contribution in [2.45, 2.75) is 19.8 Å². The van der Waals surface area contributed by atoms with Gasteiger partial charge in [0.15, 0.2) is 6.61 Å². The van der Waals surface area contributed by atoms with E-state index < -0.39 is 0 Å². The van der Waals surface area contributed by atoms with Crippen LogP contribution in [0.25, 0.3) is 0 Å². The summed E-state index contributed by atoms with van der Waals surface area (Å²) in [4.78, 5) is 13.7. The van der Waals surface area contributed by atoms with Crippen LogP contribution in [0.1, 0.15) is 19.8 Å². The molecular formula is C14H18FNO2. The number of hydrogen-bond donors (Lipinski definition) is 0. The Bertz CT molecular complexity index is 397. The highest BCUT2D eigenvalue weighted by atomic mass is 19.1. The number of piperidine rings is 1. The SMILES string of the molecule is CC1CCN(C(=O)COc2ccc(F)cc2)CC1. The molecule has 98 valence electrons. The molecule has 0 aromatic heterocycles. The summed E-state index contributed by atoms with van der Waals surface area (Å²) in [5.41, 5.74) is 0. The average Bonchev–Trinajstić information content (AvgIpc) is 2.38. The Labute approximate surface area is 107 Å². The van der Waals surface area contributed by atoms with Gasteiger partial charge < -0.3 is 9.64 Å². The minimum absolute atomic E-state index is 0.00576. The molecule has 0 radical (unpaired) electrons. The minimum atomic E-state index is -0.307. The number of amides is 1. The van der Waals surface area contributed by atoms with Crippen molar-refractivity contribution >= 4 is 5.91 Å². The molecule has 3 nitrogen and oxygen atoms in total. The van der Waals surface area contributed by atoms with E-state index in [-0.39, 0.29) is 18.3 Å². The first-order valence-corrected chi connectivity index (χ1v) is 6.31. The number of benzene rings is 1. The second kappa shape index (κ2) is 5.85. The topological polar surface area (TPSA) is 29.5 Å². The highest BCUT2D eigenvalue weighted by Crippen LogP contribution is 2.16. The highest BCUT2D eigenvalue weighted by molar-refractivity contribution is 5.77. The Hall–Kier alpha value is -1.58. The first-order chi connectivity index (χ1) is 8.65. The lowest BCUT2D eigenvalue weighted by Gasteiger charge is -2.30. The molecule has 0 saturated carbocycles. The molecule has 0 aliphatic carbocycles. The van der Waals surface area contributed by atoms with E-state index in [2.05, 4.69) is 6.92 Å². The van der Waals surface area contributed by atoms with Gasteiger partial charge in [0.2, 0.25) is 0 Å². The maximum absolute atomic E-state index is 12.7. The lowest BCUT2D eigenvalue weighted by molar-refractivity contribution is -0.134. The van der Waals surface area contributed by atoms with Gasteiger partial charge in [-0.15, -0.1) is 0 Å². The standard InChI is InChI=1S/C14H18FNO2/c1-11-6-8-16(9-7-11)14(17)10-18-13-4-2-12(15)3-5-13/h2-5,11H,6-10H2,1H3. The number of halogens is 1. The van der Waals surface area contributed by atoms with Crippen LogP contribution in [0.3, 0.4) is 0 Å². The van der Waals surface area contributed by atoms with Crippen molar-refractivity contribution in [2.75, 3.05) is 19.7 Å². The lowest BCUT2D eigenvalue weighted by atomic mass is 9.99. The molecule has 0 N–H and O–H groups in total. The molecular weight excluding hydrogens is 233 g/mol. The van der Waals surface area contributed by atoms with Crippen molar-refractivity contribution in [1.82, 2.24) is 4.90 Å². The van der Waals surface area contributed by atoms with Crippen LogP contribution in [0.5, 0.6) is 5.75 Å². The molecule has 1 fully saturated rings. The summed E-state index contributed by atoms with van der Waals surface area (Å²) in [7, 11) is 0. The van der Waals surface area contributed by atoms with Gasteiger partial charge in [0.05, 0.1) is 0 Å². The zero-order valence-electron chi connectivity index (χ0n) is 10.6. The minimum Gasteiger partial charge on any atom is -0.484 e. The number of hydrogen-bond acceptors (Lipinski definition) is 2. The fraction of sp³-hybridized carbons (Fsp3) is 0.500. The first kappa shape index (κ1) is 12.9. The highest BCUT2D eigenvalue weighted by Gasteiger charge is 2.20. The van der Waals surface area contributed by atoms with Crippen molar-refractivity contribution in [3.05, 3.63) is 30.1 Å². The normalized spacial score (nSPS) is 16.7. The fourth-order valence-corrected chi connectivity index (χ4v) is 2.03. The molecule has 1 heterocycles. The quantitative estimate of drug-likeness (QED) is 0.826. The average molecular weight is 251 g/mol. The van der Waals surface area contributed by atoms with Gasteiger partial charge in [0, 0.05) is 13.1 Å². The van der Waals surface area contributed by atoms with Crippen molar-refractivity contribution in [2.24, 2.45) is 5.92 Å². The van der Waals surface area contributed by atoms with Crippen LogP contribution in [0.2, 0.25) is 0 Å². The van der Waals surface area contributed by atoms with Crippen LogP contribution in [-0.4, -0.2) is 30.5 Å². The number of carbonyl (C=O) groups excluding carboxylic acids is 1. The van der Waals surface area contributed by atoms with E-state index >= 15 is 0 Å². The smallest absolute Gasteiger partial charge is 0.260 e. The molecule has 1 aromatic rings. The lowest BCUT2D eigenvalue weighted by Crippen LogP contribution is -2.40. The van der Waals surface area contributed by atoms with Crippen molar-refractivity contribution < 1.29 is 13.9 Å². The molecule has 1 aliphatic heterocycles. The molecule has 0 bridgehead atoms. The summed E-state index contributed by atoms with van der Waals surface area (Å²) in [6.07, 6.45) is 2.12. The second-order valence-corrected chi connectivity index (χ2v) is 4.81. The van der Waals surface area contributed by atoms with Gasteiger partial charge in [-0.25, -0.2) is 4.39 Å². The van der Waals surface area contributed by atoms with Gasteiger partial charge in [-0.1, -0.05) is 6.92 Å². The zero-order valence-corrected chi connectivity index (χ0v) is 10.6. The second-order valence-electron chi connectivity index (χ2n) is 4.81. The van der Waals surface area contributed by atoms with E-state index in [9.17, 15) is 9.18 Å². The van der Waals surface area contributed by atoms with E-state index in [1.165, 1.54) is 24.3 Å². The molecule has 0 atom stereocenters. The Morgan fingerprint density at radius 2 is 1.94 bits per heavy atom. The number of carbonyl (C=O) groups is 1. The number of likely N-dealkylation sites (tertiary alicyclic amines) is 1. The third-order valence-corrected chi connectivity index (χ3v) is 3.31.